The van der Waals surface area contributed by atoms with Crippen molar-refractivity contribution in [1.82, 2.24) is 10.4 Å². The lowest BCUT2D eigenvalue weighted by Crippen LogP contribution is -2.31. The zero-order valence-corrected chi connectivity index (χ0v) is 10.7. The average Bonchev–Trinajstić information content (AvgIpc) is 2.91. The van der Waals surface area contributed by atoms with E-state index in [1.54, 1.807) is 0 Å². The molecule has 3 aromatic rings. The predicted molar refractivity (Wildman–Crippen MR) is 75.5 cm³/mol. The number of para-hydroxylation sites is 2. The number of carbonyl (C=O) groups is 1. The van der Waals surface area contributed by atoms with E-state index in [9.17, 15) is 4.79 Å². The smallest absolute Gasteiger partial charge is 0.238 e. The fourth-order valence-electron chi connectivity index (χ4n) is 2.05. The maximum Gasteiger partial charge on any atom is 0.238 e. The number of amides is 1. The number of aromatic nitrogens is 1. The Balaban J connectivity index is 1.97. The summed E-state index contributed by atoms with van der Waals surface area (Å²) < 4.78 is 5.70. The van der Waals surface area contributed by atoms with Gasteiger partial charge < -0.3 is 4.42 Å². The molecular weight excluding hydrogens is 254 g/mol. The van der Waals surface area contributed by atoms with Gasteiger partial charge in [-0.25, -0.2) is 10.8 Å². The fourth-order valence-corrected chi connectivity index (χ4v) is 2.05. The molecule has 0 fully saturated rings. The van der Waals surface area contributed by atoms with Gasteiger partial charge >= 0.3 is 0 Å². The molecule has 3 rings (SSSR count). The molecule has 1 heterocycles. The van der Waals surface area contributed by atoms with Gasteiger partial charge in [-0.2, -0.15) is 0 Å². The molecule has 5 heteroatoms. The van der Waals surface area contributed by atoms with Gasteiger partial charge in [0.25, 0.3) is 0 Å². The molecule has 0 saturated carbocycles. The van der Waals surface area contributed by atoms with Crippen LogP contribution in [0.15, 0.2) is 52.9 Å². The van der Waals surface area contributed by atoms with Crippen molar-refractivity contribution in [3.63, 3.8) is 0 Å². The van der Waals surface area contributed by atoms with E-state index in [1.165, 1.54) is 0 Å². The fraction of sp³-hybridized carbons (Fsp3) is 0.0667. The van der Waals surface area contributed by atoms with Crippen LogP contribution in [0, 0.1) is 0 Å². The van der Waals surface area contributed by atoms with Crippen LogP contribution in [0.25, 0.3) is 22.6 Å². The molecule has 0 atom stereocenters. The molecule has 2 aromatic carbocycles. The summed E-state index contributed by atoms with van der Waals surface area (Å²) in [4.78, 5) is 15.7. The van der Waals surface area contributed by atoms with E-state index < -0.39 is 0 Å². The third-order valence-electron chi connectivity index (χ3n) is 2.99. The van der Waals surface area contributed by atoms with Gasteiger partial charge in [0.2, 0.25) is 11.8 Å². The molecule has 0 aliphatic carbocycles. The number of nitrogens with two attached hydrogens (primary N) is 1. The molecule has 0 aliphatic rings. The Bertz CT molecular complexity index is 731. The van der Waals surface area contributed by atoms with Crippen LogP contribution in [0.5, 0.6) is 0 Å². The second-order valence-electron chi connectivity index (χ2n) is 4.43. The zero-order chi connectivity index (χ0) is 13.9. The van der Waals surface area contributed by atoms with Gasteiger partial charge in [-0.05, 0) is 29.8 Å². The summed E-state index contributed by atoms with van der Waals surface area (Å²) >= 11 is 0. The van der Waals surface area contributed by atoms with Crippen molar-refractivity contribution in [1.29, 1.82) is 0 Å². The molecule has 0 saturated heterocycles. The molecular formula is C15H13N3O2. The first kappa shape index (κ1) is 12.4. The van der Waals surface area contributed by atoms with Gasteiger partial charge in [0.05, 0.1) is 6.42 Å². The van der Waals surface area contributed by atoms with Crippen LogP contribution in [0.4, 0.5) is 0 Å². The summed E-state index contributed by atoms with van der Waals surface area (Å²) in [5.74, 6) is 5.40. The number of benzene rings is 2. The molecule has 0 bridgehead atoms. The van der Waals surface area contributed by atoms with Crippen LogP contribution in [0.3, 0.4) is 0 Å². The number of nitrogens with one attached hydrogen (secondary N) is 1. The number of fused-ring (bicyclic) bond motifs is 1. The molecule has 1 amide bonds. The van der Waals surface area contributed by atoms with Crippen molar-refractivity contribution in [2.24, 2.45) is 5.84 Å². The number of oxazole rings is 1. The number of hydrazine groups is 1. The summed E-state index contributed by atoms with van der Waals surface area (Å²) in [5.41, 5.74) is 5.36. The second-order valence-corrected chi connectivity index (χ2v) is 4.43. The van der Waals surface area contributed by atoms with Crippen LogP contribution in [0.1, 0.15) is 5.56 Å². The van der Waals surface area contributed by atoms with Crippen LogP contribution >= 0.6 is 0 Å². The van der Waals surface area contributed by atoms with Gasteiger partial charge in [0.1, 0.15) is 5.52 Å². The number of hydrogen-bond acceptors (Lipinski definition) is 4. The molecule has 5 nitrogen and oxygen atoms in total. The zero-order valence-electron chi connectivity index (χ0n) is 10.7. The minimum absolute atomic E-state index is 0.227. The Kier molecular flexibility index (Phi) is 3.18. The maximum absolute atomic E-state index is 11.3. The van der Waals surface area contributed by atoms with Crippen molar-refractivity contribution in [3.8, 4) is 11.5 Å². The van der Waals surface area contributed by atoms with E-state index in [-0.39, 0.29) is 12.3 Å². The number of nitrogens with zero attached hydrogens (tertiary/aromatic N) is 1. The molecule has 100 valence electrons. The third-order valence-corrected chi connectivity index (χ3v) is 2.99. The van der Waals surface area contributed by atoms with Crippen LogP contribution in [-0.2, 0) is 11.2 Å². The Labute approximate surface area is 115 Å². The highest BCUT2D eigenvalue weighted by Crippen LogP contribution is 2.24. The minimum Gasteiger partial charge on any atom is -0.436 e. The maximum atomic E-state index is 11.3. The van der Waals surface area contributed by atoms with E-state index in [0.29, 0.717) is 5.89 Å². The number of rotatable bonds is 3. The van der Waals surface area contributed by atoms with Crippen molar-refractivity contribution in [2.75, 3.05) is 0 Å². The van der Waals surface area contributed by atoms with Gasteiger partial charge in [-0.1, -0.05) is 24.3 Å². The summed E-state index contributed by atoms with van der Waals surface area (Å²) in [7, 11) is 0. The monoisotopic (exact) mass is 267 g/mol. The van der Waals surface area contributed by atoms with E-state index in [4.69, 9.17) is 10.3 Å². The SMILES string of the molecule is NNC(=O)Cc1cccc(-c2nc3ccccc3o2)c1. The summed E-state index contributed by atoms with van der Waals surface area (Å²) in [5, 5.41) is 0. The lowest BCUT2D eigenvalue weighted by Gasteiger charge is -2.02. The molecule has 3 N–H and O–H groups in total. The first-order valence-electron chi connectivity index (χ1n) is 6.20. The largest absolute Gasteiger partial charge is 0.436 e. The molecule has 0 radical (unpaired) electrons. The Hall–Kier alpha value is -2.66. The highest BCUT2D eigenvalue weighted by molar-refractivity contribution is 5.79. The quantitative estimate of drug-likeness (QED) is 0.432. The third kappa shape index (κ3) is 2.39. The Morgan fingerprint density at radius 3 is 2.85 bits per heavy atom. The molecule has 0 aliphatic heterocycles. The van der Waals surface area contributed by atoms with Crippen molar-refractivity contribution in [2.45, 2.75) is 6.42 Å². The van der Waals surface area contributed by atoms with Crippen molar-refractivity contribution in [3.05, 3.63) is 54.1 Å². The summed E-state index contributed by atoms with van der Waals surface area (Å²) in [6, 6.07) is 15.1. The normalized spacial score (nSPS) is 10.7. The molecule has 20 heavy (non-hydrogen) atoms. The Morgan fingerprint density at radius 2 is 2.05 bits per heavy atom. The van der Waals surface area contributed by atoms with Crippen LogP contribution in [-0.4, -0.2) is 10.9 Å². The molecule has 0 spiro atoms. The number of carbonyl (C=O) groups excluding carboxylic acids is 1. The first-order chi connectivity index (χ1) is 9.76. The second kappa shape index (κ2) is 5.14. The van der Waals surface area contributed by atoms with E-state index in [1.807, 2.05) is 48.5 Å². The van der Waals surface area contributed by atoms with Crippen molar-refractivity contribution >= 4 is 17.0 Å². The van der Waals surface area contributed by atoms with E-state index in [0.717, 1.165) is 22.2 Å². The minimum atomic E-state index is -0.236. The van der Waals surface area contributed by atoms with Gasteiger partial charge in [-0.3, -0.25) is 10.2 Å². The standard InChI is InChI=1S/C15H13N3O2/c16-18-14(19)9-10-4-3-5-11(8-10)15-17-12-6-1-2-7-13(12)20-15/h1-8H,9,16H2,(H,18,19). The average molecular weight is 267 g/mol. The van der Waals surface area contributed by atoms with Gasteiger partial charge in [0.15, 0.2) is 5.58 Å². The Morgan fingerprint density at radius 1 is 1.20 bits per heavy atom. The van der Waals surface area contributed by atoms with E-state index >= 15 is 0 Å². The highest BCUT2D eigenvalue weighted by Gasteiger charge is 2.09. The number of hydrogen-bond donors (Lipinski definition) is 2. The van der Waals surface area contributed by atoms with Crippen LogP contribution in [0.2, 0.25) is 0 Å². The topological polar surface area (TPSA) is 81.1 Å². The van der Waals surface area contributed by atoms with E-state index in [2.05, 4.69) is 10.4 Å². The lowest BCUT2D eigenvalue weighted by molar-refractivity contribution is -0.120. The predicted octanol–water partition coefficient (Wildman–Crippen LogP) is 2.03. The summed E-state index contributed by atoms with van der Waals surface area (Å²) in [6.45, 7) is 0. The van der Waals surface area contributed by atoms with Gasteiger partial charge in [0, 0.05) is 5.56 Å². The lowest BCUT2D eigenvalue weighted by atomic mass is 10.1. The van der Waals surface area contributed by atoms with Gasteiger partial charge in [-0.15, -0.1) is 0 Å². The molecule has 1 aromatic heterocycles. The van der Waals surface area contributed by atoms with Crippen LogP contribution < -0.4 is 11.3 Å². The molecule has 0 unspecified atom stereocenters. The highest BCUT2D eigenvalue weighted by atomic mass is 16.3. The summed E-state index contributed by atoms with van der Waals surface area (Å²) in [6.07, 6.45) is 0.227. The first-order valence-corrected chi connectivity index (χ1v) is 6.20. The van der Waals surface area contributed by atoms with Crippen molar-refractivity contribution < 1.29 is 9.21 Å².